The number of carbonyl (C=O) groups excluding carboxylic acids is 1. The van der Waals surface area contributed by atoms with E-state index in [4.69, 9.17) is 10.5 Å². The van der Waals surface area contributed by atoms with Crippen LogP contribution in [0.3, 0.4) is 0 Å². The van der Waals surface area contributed by atoms with E-state index in [0.29, 0.717) is 6.42 Å². The summed E-state index contributed by atoms with van der Waals surface area (Å²) in [5, 5.41) is 0. The van der Waals surface area contributed by atoms with E-state index < -0.39 is 21.8 Å². The number of nitrogens with two attached hydrogens (primary N) is 1. The summed E-state index contributed by atoms with van der Waals surface area (Å²) in [5.41, 5.74) is 5.57. The Balaban J connectivity index is 2.37. The minimum absolute atomic E-state index is 0.123. The number of carbonyl (C=O) groups is 1. The van der Waals surface area contributed by atoms with Crippen molar-refractivity contribution in [1.82, 2.24) is 4.31 Å². The van der Waals surface area contributed by atoms with Crippen LogP contribution in [-0.4, -0.2) is 44.4 Å². The molecule has 2 N–H and O–H groups in total. The van der Waals surface area contributed by atoms with E-state index in [2.05, 4.69) is 0 Å². The van der Waals surface area contributed by atoms with Crippen LogP contribution < -0.4 is 5.73 Å². The van der Waals surface area contributed by atoms with Gasteiger partial charge in [-0.25, -0.2) is 17.6 Å². The third-order valence-electron chi connectivity index (χ3n) is 3.21. The average molecular weight is 316 g/mol. The van der Waals surface area contributed by atoms with E-state index in [0.717, 1.165) is 18.2 Å². The van der Waals surface area contributed by atoms with Crippen LogP contribution in [0.2, 0.25) is 0 Å². The fourth-order valence-electron chi connectivity index (χ4n) is 2.17. The molecule has 21 heavy (non-hydrogen) atoms. The van der Waals surface area contributed by atoms with Gasteiger partial charge in [0.05, 0.1) is 17.1 Å². The van der Waals surface area contributed by atoms with Crippen molar-refractivity contribution in [2.45, 2.75) is 24.3 Å². The molecular weight excluding hydrogens is 299 g/mol. The van der Waals surface area contributed by atoms with Gasteiger partial charge in [-0.3, -0.25) is 0 Å². The molecule has 1 aliphatic heterocycles. The minimum Gasteiger partial charge on any atom is -0.462 e. The highest BCUT2D eigenvalue weighted by Crippen LogP contribution is 2.22. The van der Waals surface area contributed by atoms with E-state index in [1.165, 1.54) is 4.31 Å². The van der Waals surface area contributed by atoms with Crippen molar-refractivity contribution >= 4 is 16.0 Å². The molecular formula is C13H17FN2O4S. The second-order valence-corrected chi connectivity index (χ2v) is 6.75. The molecule has 0 aromatic heterocycles. The van der Waals surface area contributed by atoms with Crippen molar-refractivity contribution in [3.63, 3.8) is 0 Å². The SMILES string of the molecule is CCOC(=O)c1cc(F)cc(S(=O)(=O)N2CC[C@@H](N)C2)c1. The molecule has 8 heteroatoms. The Morgan fingerprint density at radius 3 is 2.76 bits per heavy atom. The summed E-state index contributed by atoms with van der Waals surface area (Å²) in [4.78, 5) is 11.4. The fourth-order valence-corrected chi connectivity index (χ4v) is 3.73. The van der Waals surface area contributed by atoms with Crippen molar-refractivity contribution < 1.29 is 22.3 Å². The molecule has 1 aromatic carbocycles. The van der Waals surface area contributed by atoms with Crippen molar-refractivity contribution in [1.29, 1.82) is 0 Å². The van der Waals surface area contributed by atoms with E-state index in [-0.39, 0.29) is 36.2 Å². The molecule has 0 aliphatic carbocycles. The summed E-state index contributed by atoms with van der Waals surface area (Å²) >= 11 is 0. The Labute approximate surface area is 122 Å². The van der Waals surface area contributed by atoms with Gasteiger partial charge >= 0.3 is 5.97 Å². The molecule has 1 aliphatic rings. The van der Waals surface area contributed by atoms with Crippen LogP contribution >= 0.6 is 0 Å². The summed E-state index contributed by atoms with van der Waals surface area (Å²) in [6, 6.07) is 2.74. The summed E-state index contributed by atoms with van der Waals surface area (Å²) in [6.07, 6.45) is 0.555. The monoisotopic (exact) mass is 316 g/mol. The first-order valence-corrected chi connectivity index (χ1v) is 8.02. The van der Waals surface area contributed by atoms with Gasteiger partial charge in [0.25, 0.3) is 0 Å². The summed E-state index contributed by atoms with van der Waals surface area (Å²) in [6.45, 7) is 2.21. The number of benzene rings is 1. The van der Waals surface area contributed by atoms with Crippen LogP contribution in [0, 0.1) is 5.82 Å². The Bertz CT molecular complexity index is 648. The molecule has 116 valence electrons. The highest BCUT2D eigenvalue weighted by atomic mass is 32.2. The minimum atomic E-state index is -3.86. The first-order valence-electron chi connectivity index (χ1n) is 6.58. The largest absolute Gasteiger partial charge is 0.462 e. The van der Waals surface area contributed by atoms with Crippen molar-refractivity contribution in [2.24, 2.45) is 5.73 Å². The molecule has 0 radical (unpaired) electrons. The number of halogens is 1. The topological polar surface area (TPSA) is 89.7 Å². The summed E-state index contributed by atoms with van der Waals surface area (Å²) in [5.74, 6) is -1.56. The molecule has 0 bridgehead atoms. The van der Waals surface area contributed by atoms with Crippen LogP contribution in [0.25, 0.3) is 0 Å². The molecule has 0 unspecified atom stereocenters. The summed E-state index contributed by atoms with van der Waals surface area (Å²) < 4.78 is 44.4. The molecule has 2 rings (SSSR count). The number of rotatable bonds is 4. The predicted molar refractivity (Wildman–Crippen MR) is 73.7 cm³/mol. The van der Waals surface area contributed by atoms with Crippen LogP contribution in [-0.2, 0) is 14.8 Å². The average Bonchev–Trinajstić information content (AvgIpc) is 2.85. The number of ether oxygens (including phenoxy) is 1. The Kier molecular flexibility index (Phi) is 4.60. The van der Waals surface area contributed by atoms with Crippen LogP contribution in [0.1, 0.15) is 23.7 Å². The molecule has 1 saturated heterocycles. The van der Waals surface area contributed by atoms with Gasteiger partial charge in [-0.2, -0.15) is 4.31 Å². The first-order chi connectivity index (χ1) is 9.84. The standard InChI is InChI=1S/C13H17FN2O4S/c1-2-20-13(17)9-5-10(14)7-12(6-9)21(18,19)16-4-3-11(15)8-16/h5-7,11H,2-4,8,15H2,1H3/t11-/m1/s1. The number of sulfonamides is 1. The zero-order valence-electron chi connectivity index (χ0n) is 11.6. The maximum absolute atomic E-state index is 13.6. The van der Waals surface area contributed by atoms with Crippen molar-refractivity contribution in [3.05, 3.63) is 29.6 Å². The first kappa shape index (κ1) is 15.9. The number of hydrogen-bond donors (Lipinski definition) is 1. The molecule has 1 fully saturated rings. The third-order valence-corrected chi connectivity index (χ3v) is 5.05. The zero-order chi connectivity index (χ0) is 15.6. The molecule has 0 spiro atoms. The molecule has 0 saturated carbocycles. The van der Waals surface area contributed by atoms with Crippen molar-refractivity contribution in [2.75, 3.05) is 19.7 Å². The highest BCUT2D eigenvalue weighted by Gasteiger charge is 2.31. The molecule has 1 atom stereocenters. The van der Waals surface area contributed by atoms with Gasteiger partial charge in [-0.1, -0.05) is 0 Å². The zero-order valence-corrected chi connectivity index (χ0v) is 12.4. The van der Waals surface area contributed by atoms with Crippen LogP contribution in [0.5, 0.6) is 0 Å². The Morgan fingerprint density at radius 2 is 2.19 bits per heavy atom. The maximum Gasteiger partial charge on any atom is 0.338 e. The van der Waals surface area contributed by atoms with E-state index in [1.807, 2.05) is 0 Å². The van der Waals surface area contributed by atoms with Gasteiger partial charge in [0.15, 0.2) is 0 Å². The summed E-state index contributed by atoms with van der Waals surface area (Å²) in [7, 11) is -3.86. The fraction of sp³-hybridized carbons (Fsp3) is 0.462. The van der Waals surface area contributed by atoms with Crippen molar-refractivity contribution in [3.8, 4) is 0 Å². The highest BCUT2D eigenvalue weighted by molar-refractivity contribution is 7.89. The normalized spacial score (nSPS) is 19.7. The van der Waals surface area contributed by atoms with Gasteiger partial charge in [-0.15, -0.1) is 0 Å². The van der Waals surface area contributed by atoms with Gasteiger partial charge in [-0.05, 0) is 31.5 Å². The molecule has 1 aromatic rings. The van der Waals surface area contributed by atoms with Crippen LogP contribution in [0.15, 0.2) is 23.1 Å². The lowest BCUT2D eigenvalue weighted by atomic mass is 10.2. The second-order valence-electron chi connectivity index (χ2n) is 4.81. The molecule has 6 nitrogen and oxygen atoms in total. The molecule has 0 amide bonds. The van der Waals surface area contributed by atoms with E-state index in [1.54, 1.807) is 6.92 Å². The smallest absolute Gasteiger partial charge is 0.338 e. The Morgan fingerprint density at radius 1 is 1.48 bits per heavy atom. The predicted octanol–water partition coefficient (Wildman–Crippen LogP) is 0.724. The lowest BCUT2D eigenvalue weighted by Gasteiger charge is -2.16. The van der Waals surface area contributed by atoms with Gasteiger partial charge in [0, 0.05) is 19.1 Å². The van der Waals surface area contributed by atoms with E-state index >= 15 is 0 Å². The lowest BCUT2D eigenvalue weighted by Crippen LogP contribution is -2.32. The van der Waals surface area contributed by atoms with Gasteiger partial charge < -0.3 is 10.5 Å². The number of nitrogens with zero attached hydrogens (tertiary/aromatic N) is 1. The van der Waals surface area contributed by atoms with E-state index in [9.17, 15) is 17.6 Å². The maximum atomic E-state index is 13.6. The van der Waals surface area contributed by atoms with Crippen LogP contribution in [0.4, 0.5) is 4.39 Å². The number of esters is 1. The quantitative estimate of drug-likeness (QED) is 0.827. The van der Waals surface area contributed by atoms with Gasteiger partial charge in [0.2, 0.25) is 10.0 Å². The second kappa shape index (κ2) is 6.08. The van der Waals surface area contributed by atoms with Gasteiger partial charge in [0.1, 0.15) is 5.82 Å². The number of hydrogen-bond acceptors (Lipinski definition) is 5. The lowest BCUT2D eigenvalue weighted by molar-refractivity contribution is 0.0525. The molecule has 1 heterocycles. The Hall–Kier alpha value is -1.51. The third kappa shape index (κ3) is 3.39.